The second-order valence-corrected chi connectivity index (χ2v) is 13.9. The van der Waals surface area contributed by atoms with E-state index >= 15 is 0 Å². The molecule has 1 heterocycles. The number of allylic oxidation sites excluding steroid dienone is 1. The highest BCUT2D eigenvalue weighted by atomic mass is 16.3. The summed E-state index contributed by atoms with van der Waals surface area (Å²) in [6.07, 6.45) is 6.90. The number of hydrogen-bond donors (Lipinski definition) is 0. The molecule has 51 heavy (non-hydrogen) atoms. The van der Waals surface area contributed by atoms with Crippen molar-refractivity contribution >= 4 is 71.1 Å². The molecule has 0 atom stereocenters. The third kappa shape index (κ3) is 4.28. The zero-order valence-corrected chi connectivity index (χ0v) is 28.0. The summed E-state index contributed by atoms with van der Waals surface area (Å²) in [7, 11) is 0. The predicted octanol–water partition coefficient (Wildman–Crippen LogP) is 14.2. The standard InChI is InChI=1S/C50H32O/c1-4-14-42-37(10-1)38-11-2-6-16-44(38)49-46-30-35(28-29-40(46)39-12-3-5-15-43(39)48(42)49)33-22-20-31(21-23-33)32-24-26-34(27-25-32)36-17-9-18-45-41-13-7-8-19-47(41)51-50(36)45/h2-9,11-30H,1,10H2. The van der Waals surface area contributed by atoms with Gasteiger partial charge in [-0.25, -0.2) is 0 Å². The first-order chi connectivity index (χ1) is 25.3. The van der Waals surface area contributed by atoms with E-state index in [1.165, 1.54) is 76.5 Å². The van der Waals surface area contributed by atoms with Gasteiger partial charge in [0.25, 0.3) is 0 Å². The summed E-state index contributed by atoms with van der Waals surface area (Å²) < 4.78 is 6.32. The third-order valence-corrected chi connectivity index (χ3v) is 11.1. The fourth-order valence-corrected chi connectivity index (χ4v) is 8.74. The summed E-state index contributed by atoms with van der Waals surface area (Å²) >= 11 is 0. The largest absolute Gasteiger partial charge is 0.455 e. The van der Waals surface area contributed by atoms with Gasteiger partial charge in [0.2, 0.25) is 0 Å². The van der Waals surface area contributed by atoms with Gasteiger partial charge in [-0.15, -0.1) is 0 Å². The van der Waals surface area contributed by atoms with Crippen LogP contribution in [0.25, 0.3) is 104 Å². The van der Waals surface area contributed by atoms with Crippen molar-refractivity contribution in [2.45, 2.75) is 12.8 Å². The van der Waals surface area contributed by atoms with E-state index in [0.29, 0.717) is 0 Å². The van der Waals surface area contributed by atoms with Crippen LogP contribution in [-0.4, -0.2) is 0 Å². The monoisotopic (exact) mass is 648 g/mol. The van der Waals surface area contributed by atoms with Gasteiger partial charge in [0.15, 0.2) is 0 Å². The van der Waals surface area contributed by atoms with E-state index in [4.69, 9.17) is 4.42 Å². The Morgan fingerprint density at radius 3 is 1.73 bits per heavy atom. The molecule has 10 aromatic rings. The lowest BCUT2D eigenvalue weighted by atomic mass is 9.82. The van der Waals surface area contributed by atoms with Crippen molar-refractivity contribution in [2.75, 3.05) is 0 Å². The Bertz CT molecular complexity index is 3050. The molecule has 1 aliphatic rings. The molecule has 0 bridgehead atoms. The van der Waals surface area contributed by atoms with Crippen LogP contribution in [0.5, 0.6) is 0 Å². The second kappa shape index (κ2) is 11.0. The fourth-order valence-electron chi connectivity index (χ4n) is 8.74. The van der Waals surface area contributed by atoms with E-state index in [1.807, 2.05) is 12.1 Å². The Kier molecular flexibility index (Phi) is 6.15. The zero-order chi connectivity index (χ0) is 33.5. The lowest BCUT2D eigenvalue weighted by molar-refractivity contribution is 0.670. The van der Waals surface area contributed by atoms with Crippen molar-refractivity contribution in [2.24, 2.45) is 0 Å². The molecule has 0 unspecified atom stereocenters. The van der Waals surface area contributed by atoms with Crippen LogP contribution in [0.15, 0.2) is 168 Å². The topological polar surface area (TPSA) is 13.1 Å². The SMILES string of the molecule is C1=Cc2c(c3ccccc3c3c4cc(-c5ccc(-c6ccc(-c7cccc8c7oc7ccccc78)cc6)cc5)ccc4c4ccccc4c23)CC1. The molecule has 0 spiro atoms. The van der Waals surface area contributed by atoms with Crippen LogP contribution in [-0.2, 0) is 6.42 Å². The number of benzene rings is 9. The molecule has 0 saturated carbocycles. The van der Waals surface area contributed by atoms with Crippen molar-refractivity contribution in [3.8, 4) is 33.4 Å². The highest BCUT2D eigenvalue weighted by molar-refractivity contribution is 6.34. The Morgan fingerprint density at radius 2 is 0.961 bits per heavy atom. The molecule has 0 N–H and O–H groups in total. The summed E-state index contributed by atoms with van der Waals surface area (Å²) in [6.45, 7) is 0. The molecule has 9 aromatic carbocycles. The molecule has 1 aliphatic carbocycles. The van der Waals surface area contributed by atoms with E-state index in [0.717, 1.165) is 45.9 Å². The molecule has 238 valence electrons. The number of furan rings is 1. The van der Waals surface area contributed by atoms with Crippen LogP contribution in [0.2, 0.25) is 0 Å². The van der Waals surface area contributed by atoms with Gasteiger partial charge in [-0.3, -0.25) is 0 Å². The number of para-hydroxylation sites is 2. The first-order valence-electron chi connectivity index (χ1n) is 17.9. The first kappa shape index (κ1) is 28.4. The predicted molar refractivity (Wildman–Crippen MR) is 217 cm³/mol. The summed E-state index contributed by atoms with van der Waals surface area (Å²) in [4.78, 5) is 0. The average Bonchev–Trinajstić information content (AvgIpc) is 3.60. The molecule has 0 radical (unpaired) electrons. The van der Waals surface area contributed by atoms with Gasteiger partial charge in [0.1, 0.15) is 11.2 Å². The Morgan fingerprint density at radius 1 is 0.392 bits per heavy atom. The molecule has 11 rings (SSSR count). The van der Waals surface area contributed by atoms with Crippen LogP contribution in [0, 0.1) is 0 Å². The van der Waals surface area contributed by atoms with Gasteiger partial charge < -0.3 is 4.42 Å². The molecule has 1 heteroatoms. The highest BCUT2D eigenvalue weighted by Gasteiger charge is 2.20. The number of fused-ring (bicyclic) bond motifs is 14. The molecule has 1 nitrogen and oxygen atoms in total. The lowest BCUT2D eigenvalue weighted by Gasteiger charge is -2.21. The minimum atomic E-state index is 0.925. The molecule has 1 aromatic heterocycles. The van der Waals surface area contributed by atoms with Gasteiger partial charge in [-0.2, -0.15) is 0 Å². The maximum atomic E-state index is 6.32. The van der Waals surface area contributed by atoms with Crippen LogP contribution in [0.4, 0.5) is 0 Å². The van der Waals surface area contributed by atoms with Gasteiger partial charge in [0, 0.05) is 16.3 Å². The van der Waals surface area contributed by atoms with Crippen molar-refractivity contribution < 1.29 is 4.42 Å². The first-order valence-corrected chi connectivity index (χ1v) is 17.9. The highest BCUT2D eigenvalue weighted by Crippen LogP contribution is 2.45. The Labute approximate surface area is 295 Å². The average molecular weight is 649 g/mol. The minimum Gasteiger partial charge on any atom is -0.455 e. The molecule has 0 amide bonds. The summed E-state index contributed by atoms with van der Waals surface area (Å²) in [6, 6.07) is 57.7. The smallest absolute Gasteiger partial charge is 0.143 e. The van der Waals surface area contributed by atoms with Crippen molar-refractivity contribution in [3.63, 3.8) is 0 Å². The van der Waals surface area contributed by atoms with Gasteiger partial charge >= 0.3 is 0 Å². The summed E-state index contributed by atoms with van der Waals surface area (Å²) in [5.41, 5.74) is 11.9. The zero-order valence-electron chi connectivity index (χ0n) is 28.0. The van der Waals surface area contributed by atoms with Gasteiger partial charge in [-0.05, 0) is 107 Å². The molecule has 0 fully saturated rings. The third-order valence-electron chi connectivity index (χ3n) is 11.1. The summed E-state index contributed by atoms with van der Waals surface area (Å²) in [5, 5.41) is 13.1. The Balaban J connectivity index is 1.01. The van der Waals surface area contributed by atoms with E-state index in [9.17, 15) is 0 Å². The van der Waals surface area contributed by atoms with E-state index in [-0.39, 0.29) is 0 Å². The molecule has 0 saturated heterocycles. The van der Waals surface area contributed by atoms with Crippen molar-refractivity contribution in [1.29, 1.82) is 0 Å². The second-order valence-electron chi connectivity index (χ2n) is 13.9. The van der Waals surface area contributed by atoms with Gasteiger partial charge in [-0.1, -0.05) is 158 Å². The Hall–Kier alpha value is -6.44. The van der Waals surface area contributed by atoms with Crippen LogP contribution < -0.4 is 0 Å². The maximum absolute atomic E-state index is 6.32. The maximum Gasteiger partial charge on any atom is 0.143 e. The minimum absolute atomic E-state index is 0.925. The number of rotatable bonds is 3. The molecular formula is C50H32O. The van der Waals surface area contributed by atoms with Crippen LogP contribution >= 0.6 is 0 Å². The van der Waals surface area contributed by atoms with E-state index in [2.05, 4.69) is 158 Å². The van der Waals surface area contributed by atoms with E-state index in [1.54, 1.807) is 0 Å². The fraction of sp³-hybridized carbons (Fsp3) is 0.0400. The van der Waals surface area contributed by atoms with Crippen LogP contribution in [0.3, 0.4) is 0 Å². The summed E-state index contributed by atoms with van der Waals surface area (Å²) in [5.74, 6) is 0. The lowest BCUT2D eigenvalue weighted by Crippen LogP contribution is -1.99. The van der Waals surface area contributed by atoms with Crippen molar-refractivity contribution in [3.05, 3.63) is 175 Å². The molecular weight excluding hydrogens is 617 g/mol. The normalized spacial score (nSPS) is 12.9. The quantitative estimate of drug-likeness (QED) is 0.174. The van der Waals surface area contributed by atoms with Gasteiger partial charge in [0.05, 0.1) is 0 Å². The van der Waals surface area contributed by atoms with E-state index < -0.39 is 0 Å². The molecule has 0 aliphatic heterocycles. The van der Waals surface area contributed by atoms with Crippen LogP contribution in [0.1, 0.15) is 17.5 Å². The number of aryl methyl sites for hydroxylation is 1. The number of hydrogen-bond acceptors (Lipinski definition) is 1. The van der Waals surface area contributed by atoms with Crippen molar-refractivity contribution in [1.82, 2.24) is 0 Å².